The lowest BCUT2D eigenvalue weighted by Crippen LogP contribution is -2.53. The van der Waals surface area contributed by atoms with Crippen molar-refractivity contribution < 1.29 is 9.84 Å². The summed E-state index contributed by atoms with van der Waals surface area (Å²) in [4.78, 5) is 0. The first-order chi connectivity index (χ1) is 13.4. The van der Waals surface area contributed by atoms with Crippen molar-refractivity contribution in [2.45, 2.75) is 63.9 Å². The molecule has 1 aromatic carbocycles. The van der Waals surface area contributed by atoms with Gasteiger partial charge in [-0.05, 0) is 85.0 Å². The second-order valence-corrected chi connectivity index (χ2v) is 9.67. The first-order valence-corrected chi connectivity index (χ1v) is 11.1. The summed E-state index contributed by atoms with van der Waals surface area (Å²) < 4.78 is 5.50. The highest BCUT2D eigenvalue weighted by molar-refractivity contribution is 5.41. The van der Waals surface area contributed by atoms with E-state index in [1.165, 1.54) is 17.5 Å². The van der Waals surface area contributed by atoms with Gasteiger partial charge in [0.2, 0.25) is 0 Å². The van der Waals surface area contributed by atoms with Crippen molar-refractivity contribution in [3.8, 4) is 5.75 Å². The molecule has 28 heavy (non-hydrogen) atoms. The summed E-state index contributed by atoms with van der Waals surface area (Å²) in [5.74, 6) is 3.68. The third kappa shape index (κ3) is 2.56. The molecule has 0 aromatic heterocycles. The van der Waals surface area contributed by atoms with E-state index in [1.807, 2.05) is 12.2 Å². The van der Waals surface area contributed by atoms with Gasteiger partial charge in [-0.25, -0.2) is 0 Å². The highest BCUT2D eigenvalue weighted by atomic mass is 16.5. The highest BCUT2D eigenvalue weighted by Crippen LogP contribution is 2.67. The second-order valence-electron chi connectivity index (χ2n) is 9.67. The Labute approximate surface area is 170 Å². The van der Waals surface area contributed by atoms with Crippen molar-refractivity contribution in [2.24, 2.45) is 29.1 Å². The van der Waals surface area contributed by atoms with Gasteiger partial charge in [0.15, 0.2) is 0 Å². The molecule has 2 saturated carbocycles. The molecule has 0 bridgehead atoms. The van der Waals surface area contributed by atoms with Gasteiger partial charge < -0.3 is 9.84 Å². The second kappa shape index (κ2) is 7.06. The molecule has 0 aliphatic heterocycles. The Balaban J connectivity index is 1.77. The molecule has 3 aliphatic rings. The fourth-order valence-electron chi connectivity index (χ4n) is 7.38. The number of aliphatic hydroxyl groups is 1. The Bertz CT molecular complexity index is 768. The van der Waals surface area contributed by atoms with Crippen molar-refractivity contribution in [2.75, 3.05) is 7.11 Å². The lowest BCUT2D eigenvalue weighted by molar-refractivity contribution is -0.0939. The van der Waals surface area contributed by atoms with Crippen LogP contribution in [0.15, 0.2) is 43.5 Å². The van der Waals surface area contributed by atoms with Crippen LogP contribution in [0, 0.1) is 29.1 Å². The fourth-order valence-corrected chi connectivity index (χ4v) is 7.38. The summed E-state index contributed by atoms with van der Waals surface area (Å²) in [6.07, 6.45) is 10.4. The molecule has 0 spiro atoms. The fraction of sp³-hybridized carbons (Fsp3) is 0.615. The first kappa shape index (κ1) is 19.8. The standard InChI is InChI=1S/C26H36O2/c1-6-9-19-16-23-24-17(7-2)14-18-15-20(28-5)10-11-21(18)22(24)12-13-25(23,4)26(19,27)8-3/h6,8,10-11,15,17,19,22-24,27H,1,3,7,9,12-14,16H2,2,4-5H3/t17?,19-,22?,23?,24?,25+,26+/m1/s1. The van der Waals surface area contributed by atoms with Crippen LogP contribution in [-0.2, 0) is 6.42 Å². The predicted molar refractivity (Wildman–Crippen MR) is 116 cm³/mol. The Hall–Kier alpha value is -1.54. The zero-order chi connectivity index (χ0) is 20.1. The monoisotopic (exact) mass is 380 g/mol. The summed E-state index contributed by atoms with van der Waals surface area (Å²) in [7, 11) is 1.76. The summed E-state index contributed by atoms with van der Waals surface area (Å²) in [5.41, 5.74) is 2.15. The molecule has 3 aliphatic carbocycles. The van der Waals surface area contributed by atoms with Gasteiger partial charge in [0.1, 0.15) is 5.75 Å². The van der Waals surface area contributed by atoms with E-state index >= 15 is 0 Å². The molecular formula is C26H36O2. The molecule has 4 unspecified atom stereocenters. The minimum atomic E-state index is -0.782. The third-order valence-corrected chi connectivity index (χ3v) is 8.86. The van der Waals surface area contributed by atoms with E-state index in [0.717, 1.165) is 37.9 Å². The lowest BCUT2D eigenvalue weighted by atomic mass is 9.50. The van der Waals surface area contributed by atoms with Gasteiger partial charge >= 0.3 is 0 Å². The maximum Gasteiger partial charge on any atom is 0.119 e. The van der Waals surface area contributed by atoms with Crippen LogP contribution in [0.4, 0.5) is 0 Å². The van der Waals surface area contributed by atoms with Crippen molar-refractivity contribution in [3.63, 3.8) is 0 Å². The quantitative estimate of drug-likeness (QED) is 0.644. The van der Waals surface area contributed by atoms with Crippen LogP contribution < -0.4 is 4.74 Å². The number of rotatable bonds is 5. The number of allylic oxidation sites excluding steroid dienone is 1. The molecule has 0 radical (unpaired) electrons. The maximum atomic E-state index is 11.8. The molecule has 2 heteroatoms. The molecule has 1 aromatic rings. The zero-order valence-corrected chi connectivity index (χ0v) is 17.8. The molecule has 0 amide bonds. The number of methoxy groups -OCH3 is 1. The van der Waals surface area contributed by atoms with Crippen molar-refractivity contribution in [1.82, 2.24) is 0 Å². The lowest BCUT2D eigenvalue weighted by Gasteiger charge is -2.55. The largest absolute Gasteiger partial charge is 0.497 e. The Kier molecular flexibility index (Phi) is 4.98. The van der Waals surface area contributed by atoms with E-state index in [4.69, 9.17) is 4.74 Å². The maximum absolute atomic E-state index is 11.8. The first-order valence-electron chi connectivity index (χ1n) is 11.1. The molecule has 152 valence electrons. The van der Waals surface area contributed by atoms with Crippen LogP contribution in [0.25, 0.3) is 0 Å². The van der Waals surface area contributed by atoms with Gasteiger partial charge in [-0.2, -0.15) is 0 Å². The molecule has 4 rings (SSSR count). The number of benzene rings is 1. The van der Waals surface area contributed by atoms with Gasteiger partial charge in [-0.3, -0.25) is 0 Å². The minimum absolute atomic E-state index is 0.0824. The van der Waals surface area contributed by atoms with Gasteiger partial charge in [0.05, 0.1) is 12.7 Å². The third-order valence-electron chi connectivity index (χ3n) is 8.86. The molecule has 0 heterocycles. The SMILES string of the molecule is C=CC[C@@H]1CC2C3C(CC)Cc4cc(OC)ccc4C3CC[C@]2(C)[C@]1(O)C=C. The average molecular weight is 381 g/mol. The smallest absolute Gasteiger partial charge is 0.119 e. The normalized spacial score (nSPS) is 41.5. The summed E-state index contributed by atoms with van der Waals surface area (Å²) in [6, 6.07) is 6.71. The number of fused-ring (bicyclic) bond motifs is 5. The minimum Gasteiger partial charge on any atom is -0.497 e. The summed E-state index contributed by atoms with van der Waals surface area (Å²) in [5, 5.41) is 11.8. The van der Waals surface area contributed by atoms with Crippen LogP contribution in [0.2, 0.25) is 0 Å². The predicted octanol–water partition coefficient (Wildman–Crippen LogP) is 5.91. The van der Waals surface area contributed by atoms with E-state index in [1.54, 1.807) is 7.11 Å². The van der Waals surface area contributed by atoms with E-state index in [0.29, 0.717) is 23.7 Å². The van der Waals surface area contributed by atoms with Gasteiger partial charge in [0, 0.05) is 5.41 Å². The Morgan fingerprint density at radius 1 is 1.32 bits per heavy atom. The van der Waals surface area contributed by atoms with Gasteiger partial charge in [-0.15, -0.1) is 13.2 Å². The molecule has 0 saturated heterocycles. The van der Waals surface area contributed by atoms with Crippen molar-refractivity contribution >= 4 is 0 Å². The molecule has 7 atom stereocenters. The summed E-state index contributed by atoms with van der Waals surface area (Å²) in [6.45, 7) is 12.7. The Morgan fingerprint density at radius 2 is 2.11 bits per heavy atom. The van der Waals surface area contributed by atoms with Crippen LogP contribution in [0.1, 0.15) is 63.0 Å². The molecular weight excluding hydrogens is 344 g/mol. The van der Waals surface area contributed by atoms with E-state index in [2.05, 4.69) is 45.2 Å². The van der Waals surface area contributed by atoms with Crippen LogP contribution in [-0.4, -0.2) is 17.8 Å². The van der Waals surface area contributed by atoms with Crippen LogP contribution in [0.3, 0.4) is 0 Å². The van der Waals surface area contributed by atoms with Crippen LogP contribution >= 0.6 is 0 Å². The zero-order valence-electron chi connectivity index (χ0n) is 17.8. The van der Waals surface area contributed by atoms with E-state index < -0.39 is 5.60 Å². The van der Waals surface area contributed by atoms with Crippen molar-refractivity contribution in [3.05, 3.63) is 54.6 Å². The topological polar surface area (TPSA) is 29.5 Å². The van der Waals surface area contributed by atoms with Gasteiger partial charge in [-0.1, -0.05) is 38.5 Å². The number of ether oxygens (including phenoxy) is 1. The summed E-state index contributed by atoms with van der Waals surface area (Å²) >= 11 is 0. The van der Waals surface area contributed by atoms with E-state index in [-0.39, 0.29) is 11.3 Å². The number of hydrogen-bond acceptors (Lipinski definition) is 2. The number of hydrogen-bond donors (Lipinski definition) is 1. The highest BCUT2D eigenvalue weighted by Gasteiger charge is 2.65. The van der Waals surface area contributed by atoms with Crippen molar-refractivity contribution in [1.29, 1.82) is 0 Å². The average Bonchev–Trinajstić information content (AvgIpc) is 2.94. The van der Waals surface area contributed by atoms with Crippen LogP contribution in [0.5, 0.6) is 5.75 Å². The molecule has 1 N–H and O–H groups in total. The van der Waals surface area contributed by atoms with E-state index in [9.17, 15) is 5.11 Å². The molecule has 2 fully saturated rings. The van der Waals surface area contributed by atoms with Gasteiger partial charge in [0.25, 0.3) is 0 Å². The molecule has 2 nitrogen and oxygen atoms in total. The Morgan fingerprint density at radius 3 is 2.75 bits per heavy atom.